The lowest BCUT2D eigenvalue weighted by molar-refractivity contribution is 0.669. The van der Waals surface area contributed by atoms with Gasteiger partial charge in [-0.3, -0.25) is 0 Å². The van der Waals surface area contributed by atoms with Crippen LogP contribution in [0, 0.1) is 6.92 Å². The lowest BCUT2D eigenvalue weighted by Crippen LogP contribution is -2.00. The molecule has 4 nitrogen and oxygen atoms in total. The van der Waals surface area contributed by atoms with Gasteiger partial charge in [0.25, 0.3) is 0 Å². The van der Waals surface area contributed by atoms with Crippen LogP contribution in [0.25, 0.3) is 101 Å². The SMILES string of the molecule is Cc1cccc(-c2ccc(-c3nc(-c4ccccc4)nc(-c4ccc5c(c4)oc4cc(-c6ccccc6)cc(-c6cccc(-c7ccccc7)c6)c45)n3)cc2)c1. The van der Waals surface area contributed by atoms with Crippen LogP contribution >= 0.6 is 0 Å². The third kappa shape index (κ3) is 6.33. The molecule has 0 fully saturated rings. The van der Waals surface area contributed by atoms with Crippen LogP contribution in [0.3, 0.4) is 0 Å². The van der Waals surface area contributed by atoms with Crippen molar-refractivity contribution in [2.75, 3.05) is 0 Å². The van der Waals surface area contributed by atoms with Crippen molar-refractivity contribution < 1.29 is 4.42 Å². The molecule has 2 heterocycles. The van der Waals surface area contributed by atoms with E-state index in [1.807, 2.05) is 36.4 Å². The van der Waals surface area contributed by atoms with Gasteiger partial charge in [0.2, 0.25) is 0 Å². The van der Waals surface area contributed by atoms with Crippen molar-refractivity contribution in [1.82, 2.24) is 15.0 Å². The van der Waals surface area contributed by atoms with Crippen LogP contribution in [0.4, 0.5) is 0 Å². The van der Waals surface area contributed by atoms with Gasteiger partial charge < -0.3 is 4.42 Å². The predicted molar refractivity (Wildman–Crippen MR) is 230 cm³/mol. The van der Waals surface area contributed by atoms with Crippen molar-refractivity contribution in [3.05, 3.63) is 200 Å². The minimum absolute atomic E-state index is 0.583. The van der Waals surface area contributed by atoms with E-state index < -0.39 is 0 Å². The largest absolute Gasteiger partial charge is 0.456 e. The molecule has 0 aliphatic carbocycles. The van der Waals surface area contributed by atoms with Crippen LogP contribution in [0.5, 0.6) is 0 Å². The molecule has 0 amide bonds. The molecule has 4 heteroatoms. The lowest BCUT2D eigenvalue weighted by atomic mass is 9.92. The van der Waals surface area contributed by atoms with Gasteiger partial charge in [-0.25, -0.2) is 15.0 Å². The second kappa shape index (κ2) is 14.1. The summed E-state index contributed by atoms with van der Waals surface area (Å²) >= 11 is 0. The molecular formula is C52H35N3O. The molecule has 10 rings (SSSR count). The van der Waals surface area contributed by atoms with E-state index in [0.717, 1.165) is 66.4 Å². The van der Waals surface area contributed by atoms with Crippen LogP contribution in [-0.4, -0.2) is 15.0 Å². The number of hydrogen-bond acceptors (Lipinski definition) is 4. The van der Waals surface area contributed by atoms with Gasteiger partial charge in [0.05, 0.1) is 0 Å². The summed E-state index contributed by atoms with van der Waals surface area (Å²) in [4.78, 5) is 15.1. The van der Waals surface area contributed by atoms with E-state index in [9.17, 15) is 0 Å². The Morgan fingerprint density at radius 2 is 0.786 bits per heavy atom. The normalized spacial score (nSPS) is 11.3. The van der Waals surface area contributed by atoms with Gasteiger partial charge in [-0.05, 0) is 81.8 Å². The van der Waals surface area contributed by atoms with Crippen LogP contribution in [0.1, 0.15) is 5.56 Å². The topological polar surface area (TPSA) is 51.8 Å². The van der Waals surface area contributed by atoms with Crippen molar-refractivity contribution in [2.24, 2.45) is 0 Å². The summed E-state index contributed by atoms with van der Waals surface area (Å²) in [5.74, 6) is 1.81. The van der Waals surface area contributed by atoms with Crippen LogP contribution in [0.15, 0.2) is 199 Å². The summed E-state index contributed by atoms with van der Waals surface area (Å²) < 4.78 is 6.78. The molecule has 0 saturated carbocycles. The van der Waals surface area contributed by atoms with Crippen molar-refractivity contribution in [2.45, 2.75) is 6.92 Å². The molecule has 0 saturated heterocycles. The smallest absolute Gasteiger partial charge is 0.164 e. The lowest BCUT2D eigenvalue weighted by Gasteiger charge is -2.11. The fourth-order valence-electron chi connectivity index (χ4n) is 7.55. The molecule has 56 heavy (non-hydrogen) atoms. The number of furan rings is 1. The summed E-state index contributed by atoms with van der Waals surface area (Å²) in [6.07, 6.45) is 0. The Balaban J connectivity index is 1.12. The number of fused-ring (bicyclic) bond motifs is 3. The van der Waals surface area contributed by atoms with Crippen LogP contribution in [-0.2, 0) is 0 Å². The number of nitrogens with zero attached hydrogens (tertiary/aromatic N) is 3. The van der Waals surface area contributed by atoms with Gasteiger partial charge in [-0.1, -0.05) is 169 Å². The minimum atomic E-state index is 0.583. The highest BCUT2D eigenvalue weighted by molar-refractivity contribution is 6.14. The standard InChI is InChI=1S/C52H35N3O/c1-34-13-11-20-40(29-34)37-23-25-39(26-24-37)51-53-50(38-18-9-4-10-19-38)54-52(55-51)43-27-28-45-47(32-43)56-48-33-44(36-16-7-3-8-17-36)31-46(49(45)48)42-22-12-21-41(30-42)35-14-5-2-6-15-35/h2-33H,1H3. The van der Waals surface area contributed by atoms with Crippen LogP contribution < -0.4 is 0 Å². The molecule has 0 aliphatic rings. The Bertz CT molecular complexity index is 3010. The van der Waals surface area contributed by atoms with Crippen molar-refractivity contribution in [3.8, 4) is 78.7 Å². The highest BCUT2D eigenvalue weighted by Gasteiger charge is 2.19. The molecule has 0 atom stereocenters. The number of benzene rings is 8. The Hall–Kier alpha value is -7.43. The predicted octanol–water partition coefficient (Wildman–Crippen LogP) is 13.7. The first-order valence-corrected chi connectivity index (χ1v) is 18.8. The first-order chi connectivity index (χ1) is 27.6. The fraction of sp³-hybridized carbons (Fsp3) is 0.0192. The second-order valence-corrected chi connectivity index (χ2v) is 14.1. The number of hydrogen-bond donors (Lipinski definition) is 0. The van der Waals surface area contributed by atoms with Gasteiger partial charge in [0.1, 0.15) is 11.2 Å². The second-order valence-electron chi connectivity index (χ2n) is 14.1. The molecule has 8 aromatic carbocycles. The molecule has 0 aliphatic heterocycles. The first-order valence-electron chi connectivity index (χ1n) is 18.8. The van der Waals surface area contributed by atoms with Gasteiger partial charge in [0.15, 0.2) is 17.5 Å². The van der Waals surface area contributed by atoms with E-state index in [-0.39, 0.29) is 0 Å². The fourth-order valence-corrected chi connectivity index (χ4v) is 7.55. The highest BCUT2D eigenvalue weighted by atomic mass is 16.3. The van der Waals surface area contributed by atoms with E-state index in [0.29, 0.717) is 17.5 Å². The Labute approximate surface area is 325 Å². The molecule has 10 aromatic rings. The average Bonchev–Trinajstić information content (AvgIpc) is 3.65. The van der Waals surface area contributed by atoms with E-state index in [1.54, 1.807) is 0 Å². The zero-order valence-corrected chi connectivity index (χ0v) is 30.7. The molecule has 0 bridgehead atoms. The zero-order chi connectivity index (χ0) is 37.4. The maximum absolute atomic E-state index is 6.78. The van der Waals surface area contributed by atoms with Gasteiger partial charge in [0, 0.05) is 27.5 Å². The van der Waals surface area contributed by atoms with E-state index >= 15 is 0 Å². The summed E-state index contributed by atoms with van der Waals surface area (Å²) in [7, 11) is 0. The Kier molecular flexibility index (Phi) is 8.34. The maximum atomic E-state index is 6.78. The molecule has 264 valence electrons. The van der Waals surface area contributed by atoms with Crippen molar-refractivity contribution >= 4 is 21.9 Å². The van der Waals surface area contributed by atoms with E-state index in [2.05, 4.69) is 165 Å². The average molecular weight is 718 g/mol. The molecular weight excluding hydrogens is 683 g/mol. The van der Waals surface area contributed by atoms with Crippen molar-refractivity contribution in [3.63, 3.8) is 0 Å². The third-order valence-corrected chi connectivity index (χ3v) is 10.4. The quantitative estimate of drug-likeness (QED) is 0.165. The minimum Gasteiger partial charge on any atom is -0.456 e. The van der Waals surface area contributed by atoms with Crippen molar-refractivity contribution in [1.29, 1.82) is 0 Å². The third-order valence-electron chi connectivity index (χ3n) is 10.4. The van der Waals surface area contributed by atoms with Gasteiger partial charge in [-0.15, -0.1) is 0 Å². The Morgan fingerprint density at radius 3 is 1.45 bits per heavy atom. The van der Waals surface area contributed by atoms with Gasteiger partial charge >= 0.3 is 0 Å². The highest BCUT2D eigenvalue weighted by Crippen LogP contribution is 2.42. The molecule has 2 aromatic heterocycles. The Morgan fingerprint density at radius 1 is 0.321 bits per heavy atom. The van der Waals surface area contributed by atoms with Gasteiger partial charge in [-0.2, -0.15) is 0 Å². The number of aryl methyl sites for hydroxylation is 1. The number of aromatic nitrogens is 3. The zero-order valence-electron chi connectivity index (χ0n) is 30.7. The first kappa shape index (κ1) is 33.2. The summed E-state index contributed by atoms with van der Waals surface area (Å²) in [5, 5.41) is 2.11. The number of rotatable bonds is 7. The maximum Gasteiger partial charge on any atom is 0.164 e. The monoisotopic (exact) mass is 717 g/mol. The van der Waals surface area contributed by atoms with E-state index in [4.69, 9.17) is 19.4 Å². The summed E-state index contributed by atoms with van der Waals surface area (Å²) in [5.41, 5.74) is 14.7. The van der Waals surface area contributed by atoms with E-state index in [1.165, 1.54) is 22.3 Å². The molecule has 0 radical (unpaired) electrons. The summed E-state index contributed by atoms with van der Waals surface area (Å²) in [6.45, 7) is 2.11. The molecule has 0 spiro atoms. The summed E-state index contributed by atoms with van der Waals surface area (Å²) in [6, 6.07) is 67.6. The molecule has 0 N–H and O–H groups in total. The van der Waals surface area contributed by atoms with Crippen LogP contribution in [0.2, 0.25) is 0 Å². The molecule has 0 unspecified atom stereocenters.